The quantitative estimate of drug-likeness (QED) is 0.273. The standard InChI is InChI=1S/C21H15Cl3N6OS/c22-14-4-2-13(3-5-14)11-27-20(31)19-18(12-32-21-25-6-1-7-26-21)30(29-28-19)17-9-15(23)8-16(24)10-17/h1-10H,11-12H2,(H,27,31). The Bertz CT molecular complexity index is 1210. The predicted molar refractivity (Wildman–Crippen MR) is 126 cm³/mol. The first-order chi connectivity index (χ1) is 15.5. The zero-order chi connectivity index (χ0) is 22.5. The molecule has 0 aliphatic carbocycles. The second-order valence-corrected chi connectivity index (χ2v) is 8.81. The number of aromatic nitrogens is 5. The van der Waals surface area contributed by atoms with E-state index in [1.807, 2.05) is 12.1 Å². The Kier molecular flexibility index (Phi) is 7.26. The van der Waals surface area contributed by atoms with E-state index in [1.54, 1.807) is 53.5 Å². The lowest BCUT2D eigenvalue weighted by Crippen LogP contribution is -2.24. The van der Waals surface area contributed by atoms with Crippen LogP contribution in [0.5, 0.6) is 0 Å². The van der Waals surface area contributed by atoms with Gasteiger partial charge in [-0.3, -0.25) is 4.79 Å². The Morgan fingerprint density at radius 2 is 1.66 bits per heavy atom. The van der Waals surface area contributed by atoms with Crippen molar-refractivity contribution in [2.45, 2.75) is 17.5 Å². The highest BCUT2D eigenvalue weighted by Gasteiger charge is 2.21. The fourth-order valence-electron chi connectivity index (χ4n) is 2.84. The number of hydrogen-bond donors (Lipinski definition) is 1. The van der Waals surface area contributed by atoms with Crippen molar-refractivity contribution in [1.29, 1.82) is 0 Å². The van der Waals surface area contributed by atoms with E-state index < -0.39 is 0 Å². The number of carbonyl (C=O) groups excluding carboxylic acids is 1. The van der Waals surface area contributed by atoms with Gasteiger partial charge in [0, 0.05) is 39.8 Å². The molecule has 0 saturated heterocycles. The molecule has 0 atom stereocenters. The minimum atomic E-state index is -0.357. The molecule has 4 rings (SSSR count). The van der Waals surface area contributed by atoms with Crippen LogP contribution in [0.15, 0.2) is 66.1 Å². The van der Waals surface area contributed by atoms with Crippen LogP contribution in [0.4, 0.5) is 0 Å². The lowest BCUT2D eigenvalue weighted by Gasteiger charge is -2.09. The number of nitrogens with one attached hydrogen (secondary N) is 1. The first-order valence-corrected chi connectivity index (χ1v) is 11.4. The van der Waals surface area contributed by atoms with Crippen LogP contribution in [0, 0.1) is 0 Å². The number of amides is 1. The van der Waals surface area contributed by atoms with Gasteiger partial charge in [-0.05, 0) is 42.0 Å². The fraction of sp³-hybridized carbons (Fsp3) is 0.0952. The summed E-state index contributed by atoms with van der Waals surface area (Å²) < 4.78 is 1.55. The summed E-state index contributed by atoms with van der Waals surface area (Å²) in [4.78, 5) is 21.4. The Morgan fingerprint density at radius 3 is 2.34 bits per heavy atom. The zero-order valence-corrected chi connectivity index (χ0v) is 19.5. The maximum atomic E-state index is 12.9. The van der Waals surface area contributed by atoms with Gasteiger partial charge in [0.15, 0.2) is 10.9 Å². The molecule has 4 aromatic rings. The van der Waals surface area contributed by atoms with Crippen molar-refractivity contribution in [2.75, 3.05) is 0 Å². The molecule has 7 nitrogen and oxygen atoms in total. The maximum absolute atomic E-state index is 12.9. The molecule has 0 spiro atoms. The minimum Gasteiger partial charge on any atom is -0.347 e. The van der Waals surface area contributed by atoms with Crippen LogP contribution in [-0.2, 0) is 12.3 Å². The Hall–Kier alpha value is -2.65. The van der Waals surface area contributed by atoms with E-state index >= 15 is 0 Å². The largest absolute Gasteiger partial charge is 0.347 e. The van der Waals surface area contributed by atoms with Gasteiger partial charge in [0.1, 0.15) is 0 Å². The summed E-state index contributed by atoms with van der Waals surface area (Å²) in [7, 11) is 0. The van der Waals surface area contributed by atoms with Gasteiger partial charge in [-0.25, -0.2) is 14.6 Å². The summed E-state index contributed by atoms with van der Waals surface area (Å²) >= 11 is 19.6. The molecule has 2 heterocycles. The van der Waals surface area contributed by atoms with E-state index in [0.717, 1.165) is 5.56 Å². The third-order valence-corrected chi connectivity index (χ3v) is 5.89. The first kappa shape index (κ1) is 22.5. The van der Waals surface area contributed by atoms with Gasteiger partial charge in [-0.1, -0.05) is 63.9 Å². The maximum Gasteiger partial charge on any atom is 0.274 e. The molecule has 2 aromatic heterocycles. The van der Waals surface area contributed by atoms with Crippen LogP contribution in [0.25, 0.3) is 5.69 Å². The number of carbonyl (C=O) groups is 1. The fourth-order valence-corrected chi connectivity index (χ4v) is 4.27. The second-order valence-electron chi connectivity index (χ2n) is 6.55. The zero-order valence-electron chi connectivity index (χ0n) is 16.4. The molecule has 0 saturated carbocycles. The monoisotopic (exact) mass is 504 g/mol. The molecule has 1 amide bonds. The SMILES string of the molecule is O=C(NCc1ccc(Cl)cc1)c1nnn(-c2cc(Cl)cc(Cl)c2)c1CSc1ncccn1. The number of rotatable bonds is 7. The van der Waals surface area contributed by atoms with Crippen molar-refractivity contribution in [3.8, 4) is 5.69 Å². The molecule has 0 aliphatic heterocycles. The number of halogens is 3. The van der Waals surface area contributed by atoms with Gasteiger partial charge in [-0.2, -0.15) is 0 Å². The average Bonchev–Trinajstić information content (AvgIpc) is 3.21. The number of nitrogens with zero attached hydrogens (tertiary/aromatic N) is 5. The molecule has 1 N–H and O–H groups in total. The molecule has 2 aromatic carbocycles. The highest BCUT2D eigenvalue weighted by molar-refractivity contribution is 7.98. The molecule has 11 heteroatoms. The highest BCUT2D eigenvalue weighted by Crippen LogP contribution is 2.26. The molecule has 0 radical (unpaired) electrons. The van der Waals surface area contributed by atoms with Gasteiger partial charge in [-0.15, -0.1) is 5.10 Å². The number of thioether (sulfide) groups is 1. The van der Waals surface area contributed by atoms with Crippen LogP contribution in [0.3, 0.4) is 0 Å². The summed E-state index contributed by atoms with van der Waals surface area (Å²) in [5.41, 5.74) is 2.26. The highest BCUT2D eigenvalue weighted by atomic mass is 35.5. The molecule has 0 bridgehead atoms. The van der Waals surface area contributed by atoms with Gasteiger partial charge in [0.2, 0.25) is 0 Å². The Balaban J connectivity index is 1.62. The van der Waals surface area contributed by atoms with Crippen LogP contribution < -0.4 is 5.32 Å². The third kappa shape index (κ3) is 5.58. The topological polar surface area (TPSA) is 85.6 Å². The lowest BCUT2D eigenvalue weighted by atomic mass is 10.2. The minimum absolute atomic E-state index is 0.193. The van der Waals surface area contributed by atoms with E-state index in [-0.39, 0.29) is 11.6 Å². The van der Waals surface area contributed by atoms with Crippen LogP contribution >= 0.6 is 46.6 Å². The number of hydrogen-bond acceptors (Lipinski definition) is 6. The van der Waals surface area contributed by atoms with Gasteiger partial charge in [0.05, 0.1) is 11.4 Å². The lowest BCUT2D eigenvalue weighted by molar-refractivity contribution is 0.0945. The van der Waals surface area contributed by atoms with Gasteiger partial charge < -0.3 is 5.32 Å². The summed E-state index contributed by atoms with van der Waals surface area (Å²) in [6.07, 6.45) is 3.31. The van der Waals surface area contributed by atoms with Gasteiger partial charge in [0.25, 0.3) is 5.91 Å². The van der Waals surface area contributed by atoms with Crippen molar-refractivity contribution >= 4 is 52.5 Å². The Morgan fingerprint density at radius 1 is 0.969 bits per heavy atom. The molecule has 162 valence electrons. The van der Waals surface area contributed by atoms with Crippen molar-refractivity contribution in [3.05, 3.63) is 92.9 Å². The Labute approximate surface area is 203 Å². The summed E-state index contributed by atoms with van der Waals surface area (Å²) in [6.45, 7) is 0.320. The molecular formula is C21H15Cl3N6OS. The van der Waals surface area contributed by atoms with Crippen molar-refractivity contribution in [3.63, 3.8) is 0 Å². The normalized spacial score (nSPS) is 10.8. The molecule has 0 unspecified atom stereocenters. The molecule has 32 heavy (non-hydrogen) atoms. The molecule has 0 aliphatic rings. The first-order valence-electron chi connectivity index (χ1n) is 9.33. The van der Waals surface area contributed by atoms with Crippen molar-refractivity contribution < 1.29 is 4.79 Å². The summed E-state index contributed by atoms with van der Waals surface area (Å²) in [6, 6.07) is 14.0. The van der Waals surface area contributed by atoms with E-state index in [2.05, 4.69) is 25.6 Å². The van der Waals surface area contributed by atoms with E-state index in [9.17, 15) is 4.79 Å². The van der Waals surface area contributed by atoms with E-state index in [4.69, 9.17) is 34.8 Å². The second kappa shape index (κ2) is 10.3. The van der Waals surface area contributed by atoms with Crippen LogP contribution in [0.1, 0.15) is 21.7 Å². The van der Waals surface area contributed by atoms with Gasteiger partial charge >= 0.3 is 0 Å². The van der Waals surface area contributed by atoms with E-state index in [1.165, 1.54) is 11.8 Å². The smallest absolute Gasteiger partial charge is 0.274 e. The van der Waals surface area contributed by atoms with Crippen molar-refractivity contribution in [2.24, 2.45) is 0 Å². The predicted octanol–water partition coefficient (Wildman–Crippen LogP) is 5.24. The summed E-state index contributed by atoms with van der Waals surface area (Å²) in [5, 5.41) is 13.3. The van der Waals surface area contributed by atoms with Crippen molar-refractivity contribution in [1.82, 2.24) is 30.3 Å². The van der Waals surface area contributed by atoms with Crippen LogP contribution in [-0.4, -0.2) is 30.9 Å². The van der Waals surface area contributed by atoms with Crippen LogP contribution in [0.2, 0.25) is 15.1 Å². The summed E-state index contributed by atoms with van der Waals surface area (Å²) in [5.74, 6) is -0.00547. The number of benzene rings is 2. The molecule has 0 fully saturated rings. The molecular weight excluding hydrogens is 491 g/mol. The van der Waals surface area contributed by atoms with E-state index in [0.29, 0.717) is 43.9 Å². The average molecular weight is 506 g/mol. The third-order valence-electron chi connectivity index (χ3n) is 4.32.